The molecule has 1 amide bonds. The number of piperazine rings is 1. The van der Waals surface area contributed by atoms with Crippen LogP contribution in [0.5, 0.6) is 0 Å². The Morgan fingerprint density at radius 1 is 1.16 bits per heavy atom. The van der Waals surface area contributed by atoms with Crippen LogP contribution >= 0.6 is 11.3 Å². The Balaban J connectivity index is 1.36. The van der Waals surface area contributed by atoms with E-state index in [-0.39, 0.29) is 17.3 Å². The van der Waals surface area contributed by atoms with Crippen molar-refractivity contribution in [2.75, 3.05) is 26.2 Å². The van der Waals surface area contributed by atoms with Gasteiger partial charge in [-0.2, -0.15) is 18.2 Å². The van der Waals surface area contributed by atoms with Crippen molar-refractivity contribution in [3.8, 4) is 11.4 Å². The van der Waals surface area contributed by atoms with E-state index < -0.39 is 11.7 Å². The van der Waals surface area contributed by atoms with Crippen LogP contribution in [0.3, 0.4) is 0 Å². The number of nitrogens with zero attached hydrogens (tertiary/aromatic N) is 4. The molecular weight excluding hydrogens is 429 g/mol. The number of aryl methyl sites for hydroxylation is 2. The summed E-state index contributed by atoms with van der Waals surface area (Å²) in [6.45, 7) is 6.79. The van der Waals surface area contributed by atoms with E-state index >= 15 is 0 Å². The molecular formula is C21H21F3N4O2S. The maximum atomic E-state index is 12.9. The summed E-state index contributed by atoms with van der Waals surface area (Å²) in [5, 5.41) is 3.83. The molecule has 3 aromatic rings. The quantitative estimate of drug-likeness (QED) is 0.590. The van der Waals surface area contributed by atoms with Crippen LogP contribution in [0.15, 0.2) is 34.9 Å². The zero-order chi connectivity index (χ0) is 22.2. The van der Waals surface area contributed by atoms with Gasteiger partial charge in [0.25, 0.3) is 5.91 Å². The predicted octanol–water partition coefficient (Wildman–Crippen LogP) is 4.39. The highest BCUT2D eigenvalue weighted by Crippen LogP contribution is 2.31. The fraction of sp³-hybridized carbons (Fsp3) is 0.381. The van der Waals surface area contributed by atoms with Crippen LogP contribution in [0.4, 0.5) is 13.2 Å². The second-order valence-electron chi connectivity index (χ2n) is 7.49. The second-order valence-corrected chi connectivity index (χ2v) is 8.95. The van der Waals surface area contributed by atoms with Crippen LogP contribution in [0.1, 0.15) is 31.6 Å². The third-order valence-electron chi connectivity index (χ3n) is 5.21. The topological polar surface area (TPSA) is 62.5 Å². The Morgan fingerprint density at radius 3 is 2.55 bits per heavy atom. The van der Waals surface area contributed by atoms with Gasteiger partial charge in [0, 0.05) is 41.5 Å². The zero-order valence-corrected chi connectivity index (χ0v) is 17.9. The Bertz CT molecular complexity index is 1080. The van der Waals surface area contributed by atoms with Crippen LogP contribution < -0.4 is 0 Å². The van der Waals surface area contributed by atoms with Gasteiger partial charge in [-0.15, -0.1) is 11.3 Å². The third-order valence-corrected chi connectivity index (χ3v) is 6.17. The van der Waals surface area contributed by atoms with Crippen LogP contribution in [-0.2, 0) is 12.7 Å². The fourth-order valence-corrected chi connectivity index (χ4v) is 4.50. The summed E-state index contributed by atoms with van der Waals surface area (Å²) in [6.07, 6.45) is -4.43. The molecule has 0 unspecified atom stereocenters. The Morgan fingerprint density at radius 2 is 1.90 bits per heavy atom. The first-order valence-corrected chi connectivity index (χ1v) is 10.6. The van der Waals surface area contributed by atoms with Crippen molar-refractivity contribution in [2.24, 2.45) is 0 Å². The molecule has 31 heavy (non-hydrogen) atoms. The standard InChI is InChI=1S/C21H21F3N4O2S/c1-13-10-17(14(2)31-13)20(29)28-8-6-27(7-9-28)12-18-25-19(26-30-18)15-4-3-5-16(11-15)21(22,23)24/h3-5,10-11H,6-9,12H2,1-2H3. The number of aromatic nitrogens is 2. The molecule has 1 aliphatic rings. The van der Waals surface area contributed by atoms with Crippen molar-refractivity contribution in [3.05, 3.63) is 57.1 Å². The minimum absolute atomic E-state index is 0.0473. The first kappa shape index (κ1) is 21.5. The van der Waals surface area contributed by atoms with Crippen molar-refractivity contribution in [1.29, 1.82) is 0 Å². The predicted molar refractivity (Wildman–Crippen MR) is 110 cm³/mol. The highest BCUT2D eigenvalue weighted by molar-refractivity contribution is 7.12. The molecule has 0 saturated carbocycles. The lowest BCUT2D eigenvalue weighted by atomic mass is 10.1. The molecule has 0 N–H and O–H groups in total. The first-order chi connectivity index (χ1) is 14.7. The molecule has 4 rings (SSSR count). The van der Waals surface area contributed by atoms with Crippen LogP contribution in [-0.4, -0.2) is 52.0 Å². The van der Waals surface area contributed by atoms with Gasteiger partial charge in [0.15, 0.2) is 0 Å². The molecule has 10 heteroatoms. The summed E-state index contributed by atoms with van der Waals surface area (Å²) in [7, 11) is 0. The van der Waals surface area contributed by atoms with E-state index in [4.69, 9.17) is 4.52 Å². The number of alkyl halides is 3. The smallest absolute Gasteiger partial charge is 0.338 e. The number of amides is 1. The summed E-state index contributed by atoms with van der Waals surface area (Å²) in [6, 6.07) is 6.78. The van der Waals surface area contributed by atoms with Gasteiger partial charge in [0.05, 0.1) is 17.7 Å². The minimum atomic E-state index is -4.43. The molecule has 0 atom stereocenters. The molecule has 0 bridgehead atoms. The summed E-state index contributed by atoms with van der Waals surface area (Å²) in [5.41, 5.74) is 0.258. The Kier molecular flexibility index (Phi) is 5.85. The lowest BCUT2D eigenvalue weighted by molar-refractivity contribution is -0.137. The molecule has 0 aliphatic carbocycles. The van der Waals surface area contributed by atoms with Gasteiger partial charge < -0.3 is 9.42 Å². The molecule has 3 heterocycles. The SMILES string of the molecule is Cc1cc(C(=O)N2CCN(Cc3nc(-c4cccc(C(F)(F)F)c4)no3)CC2)c(C)s1. The van der Waals surface area contributed by atoms with E-state index in [2.05, 4.69) is 15.0 Å². The monoisotopic (exact) mass is 450 g/mol. The van der Waals surface area contributed by atoms with Gasteiger partial charge in [-0.25, -0.2) is 0 Å². The molecule has 0 spiro atoms. The van der Waals surface area contributed by atoms with Crippen LogP contribution in [0, 0.1) is 13.8 Å². The Labute approximate surface area is 181 Å². The van der Waals surface area contributed by atoms with Gasteiger partial charge in [-0.3, -0.25) is 9.69 Å². The number of halogens is 3. The number of carbonyl (C=O) groups excluding carboxylic acids is 1. The largest absolute Gasteiger partial charge is 0.416 e. The summed E-state index contributed by atoms with van der Waals surface area (Å²) in [4.78, 5) is 23.1. The lowest BCUT2D eigenvalue weighted by Gasteiger charge is -2.34. The maximum Gasteiger partial charge on any atom is 0.416 e. The molecule has 1 aliphatic heterocycles. The fourth-order valence-electron chi connectivity index (χ4n) is 3.58. The van der Waals surface area contributed by atoms with Crippen molar-refractivity contribution in [3.63, 3.8) is 0 Å². The summed E-state index contributed by atoms with van der Waals surface area (Å²) < 4.78 is 44.0. The van der Waals surface area contributed by atoms with E-state index in [9.17, 15) is 18.0 Å². The second kappa shape index (κ2) is 8.43. The third kappa shape index (κ3) is 4.80. The molecule has 1 saturated heterocycles. The van der Waals surface area contributed by atoms with Crippen LogP contribution in [0.2, 0.25) is 0 Å². The van der Waals surface area contributed by atoms with Gasteiger partial charge in [-0.1, -0.05) is 17.3 Å². The number of hydrogen-bond donors (Lipinski definition) is 0. The molecule has 2 aromatic heterocycles. The average Bonchev–Trinajstić information content (AvgIpc) is 3.33. The molecule has 1 fully saturated rings. The minimum Gasteiger partial charge on any atom is -0.338 e. The number of rotatable bonds is 4. The molecule has 6 nitrogen and oxygen atoms in total. The van der Waals surface area contributed by atoms with Gasteiger partial charge in [-0.05, 0) is 32.0 Å². The van der Waals surface area contributed by atoms with Crippen molar-refractivity contribution >= 4 is 17.2 Å². The van der Waals surface area contributed by atoms with Crippen molar-refractivity contribution < 1.29 is 22.5 Å². The van der Waals surface area contributed by atoms with Gasteiger partial charge in [0.1, 0.15) is 0 Å². The highest BCUT2D eigenvalue weighted by Gasteiger charge is 2.31. The summed E-state index contributed by atoms with van der Waals surface area (Å²) >= 11 is 1.62. The Hall–Kier alpha value is -2.72. The first-order valence-electron chi connectivity index (χ1n) is 9.79. The number of benzene rings is 1. The van der Waals surface area contributed by atoms with E-state index in [1.165, 1.54) is 12.1 Å². The average molecular weight is 450 g/mol. The van der Waals surface area contributed by atoms with E-state index in [0.29, 0.717) is 38.6 Å². The zero-order valence-electron chi connectivity index (χ0n) is 17.1. The summed E-state index contributed by atoms with van der Waals surface area (Å²) in [5.74, 6) is 0.501. The highest BCUT2D eigenvalue weighted by atomic mass is 32.1. The van der Waals surface area contributed by atoms with Crippen LogP contribution in [0.25, 0.3) is 11.4 Å². The van der Waals surface area contributed by atoms with Crippen molar-refractivity contribution in [2.45, 2.75) is 26.6 Å². The molecule has 164 valence electrons. The van der Waals surface area contributed by atoms with E-state index in [0.717, 1.165) is 27.5 Å². The molecule has 0 radical (unpaired) electrons. The number of hydrogen-bond acceptors (Lipinski definition) is 6. The van der Waals surface area contributed by atoms with E-state index in [1.807, 2.05) is 24.8 Å². The maximum absolute atomic E-state index is 12.9. The van der Waals surface area contributed by atoms with Gasteiger partial charge in [0.2, 0.25) is 11.7 Å². The number of thiophene rings is 1. The molecule has 1 aromatic carbocycles. The number of carbonyl (C=O) groups is 1. The normalized spacial score (nSPS) is 15.5. The van der Waals surface area contributed by atoms with E-state index in [1.54, 1.807) is 11.3 Å². The van der Waals surface area contributed by atoms with Crippen molar-refractivity contribution in [1.82, 2.24) is 19.9 Å². The lowest BCUT2D eigenvalue weighted by Crippen LogP contribution is -2.48. The van der Waals surface area contributed by atoms with Gasteiger partial charge >= 0.3 is 6.18 Å².